The maximum atomic E-state index is 12.9. The van der Waals surface area contributed by atoms with Crippen LogP contribution >= 0.6 is 0 Å². The van der Waals surface area contributed by atoms with Gasteiger partial charge in [0, 0.05) is 54.4 Å². The molecule has 0 aromatic carbocycles. The number of sulfonamides is 3. The third-order valence-corrected chi connectivity index (χ3v) is 19.0. The van der Waals surface area contributed by atoms with Gasteiger partial charge in [0.2, 0.25) is 20.2 Å². The average Bonchev–Trinajstić information content (AvgIpc) is 2.91. The fourth-order valence-corrected chi connectivity index (χ4v) is 13.3. The van der Waals surface area contributed by atoms with Gasteiger partial charge in [-0.2, -0.15) is 43.3 Å². The van der Waals surface area contributed by atoms with Crippen LogP contribution < -0.4 is 24.0 Å². The summed E-state index contributed by atoms with van der Waals surface area (Å²) in [6, 6.07) is 0. The Labute approximate surface area is 332 Å². The summed E-state index contributed by atoms with van der Waals surface area (Å²) in [4.78, 5) is 0. The first-order chi connectivity index (χ1) is 23.0. The molecular weight excluding hydrogens is 933 g/mol. The topological polar surface area (TPSA) is 312 Å². The van der Waals surface area contributed by atoms with Crippen molar-refractivity contribution in [3.8, 4) is 0 Å². The predicted octanol–water partition coefficient (Wildman–Crippen LogP) is -1.59. The van der Waals surface area contributed by atoms with Gasteiger partial charge in [-0.15, -0.1) is 7.65 Å². The van der Waals surface area contributed by atoms with E-state index in [9.17, 15) is 81.1 Å². The summed E-state index contributed by atoms with van der Waals surface area (Å²) in [5, 5.41) is 5.16. The second kappa shape index (κ2) is 22.7. The van der Waals surface area contributed by atoms with Crippen LogP contribution in [0.25, 0.3) is 0 Å². The number of nitrogens with two attached hydrogens (primary N) is 1. The number of hydrogen-bond acceptors (Lipinski definition) is 12. The molecule has 0 amide bonds. The van der Waals surface area contributed by atoms with Gasteiger partial charge in [-0.1, -0.05) is 50.2 Å². The molecule has 2 N–H and O–H groups in total. The van der Waals surface area contributed by atoms with Gasteiger partial charge in [0.1, 0.15) is 10.0 Å². The molecule has 0 bridgehead atoms. The molecule has 0 saturated heterocycles. The van der Waals surface area contributed by atoms with Crippen molar-refractivity contribution in [2.24, 2.45) is 24.0 Å². The van der Waals surface area contributed by atoms with Gasteiger partial charge < -0.3 is 4.55 Å². The summed E-state index contributed by atoms with van der Waals surface area (Å²) in [5.74, 6) is 0. The molecule has 0 fully saturated rings. The minimum Gasteiger partial charge on any atom is -0.757 e. The van der Waals surface area contributed by atoms with Gasteiger partial charge in [0.15, 0.2) is 10.1 Å². The second-order valence-corrected chi connectivity index (χ2v) is 24.4. The van der Waals surface area contributed by atoms with Crippen molar-refractivity contribution in [3.63, 3.8) is 0 Å². The van der Waals surface area contributed by atoms with E-state index in [0.29, 0.717) is 26.9 Å². The van der Waals surface area contributed by atoms with Crippen molar-refractivity contribution >= 4 is 80.7 Å². The summed E-state index contributed by atoms with van der Waals surface area (Å²) in [6.07, 6.45) is 1.54. The molecule has 0 aromatic heterocycles. The Kier molecular flexibility index (Phi) is 26.3. The minimum absolute atomic E-state index is 0. The summed E-state index contributed by atoms with van der Waals surface area (Å²) < 4.78 is 238. The van der Waals surface area contributed by atoms with Crippen LogP contribution in [-0.2, 0) is 80.7 Å². The molecule has 5 unspecified atom stereocenters. The first kappa shape index (κ1) is 63.6. The predicted molar refractivity (Wildman–Crippen MR) is 190 cm³/mol. The number of nitrogens with zero attached hydrogens (tertiary/aromatic N) is 9. The molecular formula is C17H44F7LiN10O12S8. The van der Waals surface area contributed by atoms with E-state index in [4.69, 9.17) is 5.14 Å². The standard InChI is InChI=1S/C8H17F6N5O6S4.C4H11FN2O3S2.C4H13N3O3S2.CH4.Li/c1-5-18(3)28(24,15-26(20,21)7(9,10)11)17-29(25,19(4)6-2)16-27(22,23)8(12,13)14;2*1-4-7(2)12(5,10)6-11(3,8)9;;/h5-6H2,1-4H3,(H,15,16,17,20,21,24,25);4H2,1-3H3;4H2,1-3H3,(H2,5,6,10);1H4;/q;;;;+1/p-1. The van der Waals surface area contributed by atoms with Crippen LogP contribution in [0.2, 0.25) is 0 Å². The van der Waals surface area contributed by atoms with Crippen LogP contribution in [0.15, 0.2) is 18.8 Å². The third-order valence-electron chi connectivity index (χ3n) is 5.06. The largest absolute Gasteiger partial charge is 1.00 e. The van der Waals surface area contributed by atoms with Crippen molar-refractivity contribution in [3.05, 3.63) is 0 Å². The third kappa shape index (κ3) is 22.4. The van der Waals surface area contributed by atoms with E-state index in [2.05, 4.69) is 18.8 Å². The number of rotatable bonds is 13. The van der Waals surface area contributed by atoms with Crippen molar-refractivity contribution in [2.45, 2.75) is 46.1 Å². The van der Waals surface area contributed by atoms with E-state index in [0.717, 1.165) is 24.4 Å². The number of alkyl halides is 6. The molecule has 22 nitrogen and oxygen atoms in total. The van der Waals surface area contributed by atoms with Crippen molar-refractivity contribution in [2.75, 3.05) is 66.9 Å². The van der Waals surface area contributed by atoms with Gasteiger partial charge in [0.05, 0.1) is 12.5 Å². The normalized spacial score (nSPS) is 18.1. The zero-order chi connectivity index (χ0) is 43.7. The Bertz CT molecular complexity index is 2180. The summed E-state index contributed by atoms with van der Waals surface area (Å²) in [5.41, 5.74) is -12.2. The van der Waals surface area contributed by atoms with Crippen LogP contribution in [0, 0.1) is 0 Å². The van der Waals surface area contributed by atoms with E-state index in [1.807, 2.05) is 0 Å². The van der Waals surface area contributed by atoms with Crippen molar-refractivity contribution in [1.29, 1.82) is 0 Å². The molecule has 55 heavy (non-hydrogen) atoms. The van der Waals surface area contributed by atoms with Gasteiger partial charge in [-0.25, -0.2) is 47.5 Å². The number of hydrogen-bond donors (Lipinski definition) is 1. The van der Waals surface area contributed by atoms with Gasteiger partial charge >= 0.3 is 39.9 Å². The Morgan fingerprint density at radius 1 is 0.545 bits per heavy atom. The molecule has 38 heteroatoms. The van der Waals surface area contributed by atoms with Crippen LogP contribution in [0.4, 0.5) is 30.2 Å². The van der Waals surface area contributed by atoms with Gasteiger partial charge in [-0.05, 0) is 0 Å². The monoisotopic (exact) mass is 976 g/mol. The van der Waals surface area contributed by atoms with E-state index >= 15 is 0 Å². The smallest absolute Gasteiger partial charge is 0.757 e. The maximum Gasteiger partial charge on any atom is 1.00 e. The maximum absolute atomic E-state index is 12.9. The quantitative estimate of drug-likeness (QED) is 0.124. The molecule has 0 saturated carbocycles. The summed E-state index contributed by atoms with van der Waals surface area (Å²) >= 11 is 0. The molecule has 0 spiro atoms. The zero-order valence-corrected chi connectivity index (χ0v) is 36.8. The molecule has 0 aliphatic carbocycles. The van der Waals surface area contributed by atoms with Crippen LogP contribution in [0.1, 0.15) is 35.1 Å². The van der Waals surface area contributed by atoms with Gasteiger partial charge in [-0.3, -0.25) is 4.21 Å². The Balaban J connectivity index is -0.000000265. The fourth-order valence-electron chi connectivity index (χ4n) is 1.88. The van der Waals surface area contributed by atoms with E-state index in [1.54, 1.807) is 6.92 Å². The Hall–Kier alpha value is -0.533. The van der Waals surface area contributed by atoms with E-state index in [1.165, 1.54) is 25.3 Å². The number of halogens is 7. The average molecular weight is 977 g/mol. The fraction of sp³-hybridized carbons (Fsp3) is 1.00. The van der Waals surface area contributed by atoms with Crippen molar-refractivity contribution < 1.29 is 99.9 Å². The molecule has 0 aliphatic heterocycles. The van der Waals surface area contributed by atoms with Gasteiger partial charge in [0.25, 0.3) is 30.3 Å². The Morgan fingerprint density at radius 2 is 0.855 bits per heavy atom. The molecule has 332 valence electrons. The molecule has 0 heterocycles. The van der Waals surface area contributed by atoms with E-state index < -0.39 is 105 Å². The minimum atomic E-state index is -6.53. The molecule has 0 aliphatic rings. The van der Waals surface area contributed by atoms with E-state index in [-0.39, 0.29) is 41.4 Å². The first-order valence-corrected chi connectivity index (χ1v) is 25.5. The zero-order valence-electron chi connectivity index (χ0n) is 30.2. The Morgan fingerprint density at radius 3 is 1.11 bits per heavy atom. The summed E-state index contributed by atoms with van der Waals surface area (Å²) in [7, 11) is -34.6. The SMILES string of the molecule is C.CCN(C)S(=O)(=NS(=O)(=O)C(F)(F)F)N=S(=O)(N=S(=O)([O-])C(F)(F)F)N(C)CC.CCN(C)S(=O)(F)=NS(C)(=O)=O.CCN(C)S(N)(=O)=NS(C)(=O)=O.[Li+]. The molecule has 5 atom stereocenters. The molecule has 0 rings (SSSR count). The first-order valence-electron chi connectivity index (χ1n) is 13.2. The van der Waals surface area contributed by atoms with Crippen LogP contribution in [0.3, 0.4) is 0 Å². The summed E-state index contributed by atoms with van der Waals surface area (Å²) in [6.45, 7) is 4.86. The van der Waals surface area contributed by atoms with Crippen LogP contribution in [-0.4, -0.2) is 146 Å². The molecule has 0 radical (unpaired) electrons. The molecule has 0 aromatic rings. The second-order valence-electron chi connectivity index (χ2n) is 9.36. The van der Waals surface area contributed by atoms with Crippen LogP contribution in [0.5, 0.6) is 0 Å². The van der Waals surface area contributed by atoms with Crippen molar-refractivity contribution in [1.82, 2.24) is 17.2 Å².